The lowest BCUT2D eigenvalue weighted by Crippen LogP contribution is -2.30. The van der Waals surface area contributed by atoms with Crippen molar-refractivity contribution in [3.05, 3.63) is 0 Å². The first-order chi connectivity index (χ1) is 39.9. The third-order valence-electron chi connectivity index (χ3n) is 15.1. The molecule has 19 heteroatoms. The van der Waals surface area contributed by atoms with E-state index in [0.29, 0.717) is 25.7 Å². The average molecular weight is 1230 g/mol. The molecule has 0 radical (unpaired) electrons. The van der Waals surface area contributed by atoms with Crippen molar-refractivity contribution in [2.24, 2.45) is 11.8 Å². The second-order valence-electron chi connectivity index (χ2n) is 23.9. The van der Waals surface area contributed by atoms with E-state index in [0.717, 1.165) is 108 Å². The fraction of sp³-hybridized carbons (Fsp3) is 0.938. The van der Waals surface area contributed by atoms with E-state index in [-0.39, 0.29) is 25.7 Å². The zero-order valence-corrected chi connectivity index (χ0v) is 55.3. The molecule has 0 saturated heterocycles. The summed E-state index contributed by atoms with van der Waals surface area (Å²) in [6, 6.07) is 0. The van der Waals surface area contributed by atoms with Crippen molar-refractivity contribution in [3.8, 4) is 0 Å². The van der Waals surface area contributed by atoms with Gasteiger partial charge in [0.25, 0.3) is 0 Å². The molecule has 0 fully saturated rings. The Morgan fingerprint density at radius 2 is 0.614 bits per heavy atom. The van der Waals surface area contributed by atoms with Crippen LogP contribution in [0.3, 0.4) is 0 Å². The highest BCUT2D eigenvalue weighted by molar-refractivity contribution is 7.47. The van der Waals surface area contributed by atoms with Gasteiger partial charge in [-0.25, -0.2) is 9.13 Å². The minimum atomic E-state index is -4.94. The lowest BCUT2D eigenvalue weighted by atomic mass is 10.00. The minimum absolute atomic E-state index is 0.103. The third kappa shape index (κ3) is 57.6. The summed E-state index contributed by atoms with van der Waals surface area (Å²) in [6.07, 6.45) is 38.9. The summed E-state index contributed by atoms with van der Waals surface area (Å²) in [6.45, 7) is 9.41. The number of phosphoric acid groups is 2. The standard InChI is InChI=1S/C64H124O17P2/c1-7-10-12-14-16-18-19-20-24-28-35-41-47-62(67)75-52-59(80-63(68)48-42-36-29-25-22-21-23-26-32-38-44-56(4)5)54-78-82(70,71)76-50-58(65)51-77-83(72,73)79-55-60(53-74-61(66)46-40-34-27-17-15-13-11-8-2)81-64(69)49-43-37-31-30-33-39-45-57(6)9-3/h56-60,65H,7-55H2,1-6H3,(H,70,71)(H,72,73)/t57?,58-,59-,60-/m1/s1. The van der Waals surface area contributed by atoms with Crippen molar-refractivity contribution in [1.29, 1.82) is 0 Å². The summed E-state index contributed by atoms with van der Waals surface area (Å²) in [5.41, 5.74) is 0. The molecule has 83 heavy (non-hydrogen) atoms. The summed E-state index contributed by atoms with van der Waals surface area (Å²) in [4.78, 5) is 72.2. The van der Waals surface area contributed by atoms with E-state index in [2.05, 4.69) is 41.5 Å². The van der Waals surface area contributed by atoms with Crippen LogP contribution in [0.1, 0.15) is 318 Å². The van der Waals surface area contributed by atoms with Crippen LogP contribution in [-0.4, -0.2) is 96.7 Å². The van der Waals surface area contributed by atoms with Crippen LogP contribution in [0.5, 0.6) is 0 Å². The summed E-state index contributed by atoms with van der Waals surface area (Å²) >= 11 is 0. The second-order valence-corrected chi connectivity index (χ2v) is 26.8. The van der Waals surface area contributed by atoms with Gasteiger partial charge in [-0.05, 0) is 37.5 Å². The van der Waals surface area contributed by atoms with Crippen molar-refractivity contribution < 1.29 is 80.2 Å². The predicted octanol–water partition coefficient (Wildman–Crippen LogP) is 17.7. The zero-order chi connectivity index (χ0) is 61.5. The van der Waals surface area contributed by atoms with Crippen LogP contribution in [0.4, 0.5) is 0 Å². The Bertz CT molecular complexity index is 1630. The first-order valence-corrected chi connectivity index (χ1v) is 36.5. The number of esters is 4. The Labute approximate surface area is 505 Å². The van der Waals surface area contributed by atoms with Crippen LogP contribution >= 0.6 is 15.6 Å². The lowest BCUT2D eigenvalue weighted by Gasteiger charge is -2.21. The Kier molecular flexibility index (Phi) is 55.2. The largest absolute Gasteiger partial charge is 0.472 e. The quantitative estimate of drug-likeness (QED) is 0.0222. The Morgan fingerprint density at radius 3 is 0.916 bits per heavy atom. The van der Waals surface area contributed by atoms with Gasteiger partial charge < -0.3 is 33.8 Å². The van der Waals surface area contributed by atoms with Gasteiger partial charge in [-0.15, -0.1) is 0 Å². The van der Waals surface area contributed by atoms with Crippen molar-refractivity contribution in [2.45, 2.75) is 336 Å². The van der Waals surface area contributed by atoms with E-state index in [1.807, 2.05) is 0 Å². The van der Waals surface area contributed by atoms with E-state index in [9.17, 15) is 43.2 Å². The molecular weight excluding hydrogens is 1100 g/mol. The van der Waals surface area contributed by atoms with Gasteiger partial charge in [0.1, 0.15) is 19.3 Å². The van der Waals surface area contributed by atoms with Gasteiger partial charge >= 0.3 is 39.5 Å². The van der Waals surface area contributed by atoms with Gasteiger partial charge in [0.2, 0.25) is 0 Å². The van der Waals surface area contributed by atoms with Gasteiger partial charge in [-0.2, -0.15) is 0 Å². The van der Waals surface area contributed by atoms with E-state index in [1.54, 1.807) is 0 Å². The van der Waals surface area contributed by atoms with Gasteiger partial charge in [0.15, 0.2) is 12.2 Å². The van der Waals surface area contributed by atoms with Crippen LogP contribution in [-0.2, 0) is 65.4 Å². The number of hydrogen-bond acceptors (Lipinski definition) is 15. The number of carbonyl (C=O) groups excluding carboxylic acids is 4. The van der Waals surface area contributed by atoms with E-state index in [1.165, 1.54) is 128 Å². The number of phosphoric ester groups is 2. The molecule has 0 bridgehead atoms. The predicted molar refractivity (Wildman–Crippen MR) is 331 cm³/mol. The first kappa shape index (κ1) is 81.1. The first-order valence-electron chi connectivity index (χ1n) is 33.5. The number of carbonyl (C=O) groups is 4. The molecule has 0 aliphatic rings. The average Bonchev–Trinajstić information content (AvgIpc) is 3.45. The third-order valence-corrected chi connectivity index (χ3v) is 17.0. The van der Waals surface area contributed by atoms with E-state index >= 15 is 0 Å². The highest BCUT2D eigenvalue weighted by atomic mass is 31.2. The molecule has 492 valence electrons. The van der Waals surface area contributed by atoms with Crippen LogP contribution in [0.2, 0.25) is 0 Å². The number of ether oxygens (including phenoxy) is 4. The van der Waals surface area contributed by atoms with Crippen molar-refractivity contribution >= 4 is 39.5 Å². The Hall–Kier alpha value is -1.94. The number of aliphatic hydroxyl groups excluding tert-OH is 1. The monoisotopic (exact) mass is 1230 g/mol. The number of unbranched alkanes of at least 4 members (excludes halogenated alkanes) is 32. The molecule has 0 amide bonds. The summed E-state index contributed by atoms with van der Waals surface area (Å²) < 4.78 is 67.9. The van der Waals surface area contributed by atoms with E-state index < -0.39 is 97.5 Å². The molecule has 0 aliphatic heterocycles. The summed E-state index contributed by atoms with van der Waals surface area (Å²) in [5.74, 6) is -0.665. The molecule has 0 aromatic heterocycles. The maximum Gasteiger partial charge on any atom is 0.472 e. The van der Waals surface area contributed by atoms with Crippen molar-refractivity contribution in [3.63, 3.8) is 0 Å². The summed E-state index contributed by atoms with van der Waals surface area (Å²) in [5, 5.41) is 10.5. The molecule has 0 aliphatic carbocycles. The fourth-order valence-corrected chi connectivity index (χ4v) is 11.1. The van der Waals surface area contributed by atoms with Gasteiger partial charge in [-0.1, -0.05) is 266 Å². The van der Waals surface area contributed by atoms with Gasteiger partial charge in [0.05, 0.1) is 26.4 Å². The Morgan fingerprint density at radius 1 is 0.349 bits per heavy atom. The van der Waals surface area contributed by atoms with Crippen LogP contribution in [0.15, 0.2) is 0 Å². The van der Waals surface area contributed by atoms with E-state index in [4.69, 9.17) is 37.0 Å². The molecule has 17 nitrogen and oxygen atoms in total. The Balaban J connectivity index is 5.24. The molecule has 0 saturated carbocycles. The molecule has 0 spiro atoms. The second kappa shape index (κ2) is 56.6. The smallest absolute Gasteiger partial charge is 0.462 e. The molecule has 0 heterocycles. The molecular formula is C64H124O17P2. The highest BCUT2D eigenvalue weighted by Gasteiger charge is 2.30. The van der Waals surface area contributed by atoms with Crippen LogP contribution in [0.25, 0.3) is 0 Å². The number of rotatable bonds is 63. The zero-order valence-electron chi connectivity index (χ0n) is 53.5. The molecule has 3 unspecified atom stereocenters. The van der Waals surface area contributed by atoms with Crippen molar-refractivity contribution in [1.82, 2.24) is 0 Å². The maximum absolute atomic E-state index is 13.0. The normalized spacial score (nSPS) is 14.6. The van der Waals surface area contributed by atoms with Gasteiger partial charge in [-0.3, -0.25) is 37.3 Å². The molecule has 0 aromatic carbocycles. The van der Waals surface area contributed by atoms with Crippen molar-refractivity contribution in [2.75, 3.05) is 39.6 Å². The topological polar surface area (TPSA) is 237 Å². The van der Waals surface area contributed by atoms with Crippen LogP contribution < -0.4 is 0 Å². The fourth-order valence-electron chi connectivity index (χ4n) is 9.50. The highest BCUT2D eigenvalue weighted by Crippen LogP contribution is 2.45. The number of aliphatic hydroxyl groups is 1. The molecule has 6 atom stereocenters. The number of hydrogen-bond donors (Lipinski definition) is 3. The molecule has 0 aromatic rings. The lowest BCUT2D eigenvalue weighted by molar-refractivity contribution is -0.161. The summed E-state index contributed by atoms with van der Waals surface area (Å²) in [7, 11) is -9.88. The molecule has 0 rings (SSSR count). The van der Waals surface area contributed by atoms with Gasteiger partial charge in [0, 0.05) is 25.7 Å². The van der Waals surface area contributed by atoms with Crippen LogP contribution in [0, 0.1) is 11.8 Å². The SMILES string of the molecule is CCCCCCCCCCCCCCC(=O)OC[C@H](COP(=O)(O)OC[C@@H](O)COP(=O)(O)OC[C@@H](COC(=O)CCCCCCCCCC)OC(=O)CCCCCCCCC(C)CC)OC(=O)CCCCCCCCCCCCC(C)C. The minimum Gasteiger partial charge on any atom is -0.462 e. The molecule has 3 N–H and O–H groups in total. The maximum atomic E-state index is 13.0.